The SMILES string of the molecule is Cc1cccc2oc(CO)c(C=O)c12. The minimum atomic E-state index is -0.248. The van der Waals surface area contributed by atoms with Crippen LogP contribution in [0.5, 0.6) is 0 Å². The van der Waals surface area contributed by atoms with Crippen molar-refractivity contribution in [2.45, 2.75) is 13.5 Å². The van der Waals surface area contributed by atoms with Crippen LogP contribution in [0.4, 0.5) is 0 Å². The van der Waals surface area contributed by atoms with Crippen LogP contribution in [0.25, 0.3) is 11.0 Å². The molecule has 0 saturated carbocycles. The number of aryl methyl sites for hydroxylation is 1. The van der Waals surface area contributed by atoms with Gasteiger partial charge in [0.25, 0.3) is 0 Å². The van der Waals surface area contributed by atoms with Crippen LogP contribution in [0.3, 0.4) is 0 Å². The normalized spacial score (nSPS) is 10.7. The van der Waals surface area contributed by atoms with Gasteiger partial charge in [-0.25, -0.2) is 0 Å². The lowest BCUT2D eigenvalue weighted by Gasteiger charge is -1.93. The Bertz CT molecular complexity index is 482. The zero-order valence-corrected chi connectivity index (χ0v) is 7.78. The summed E-state index contributed by atoms with van der Waals surface area (Å²) < 4.78 is 5.34. The molecule has 0 bridgehead atoms. The zero-order valence-electron chi connectivity index (χ0n) is 7.78. The molecular weight excluding hydrogens is 180 g/mol. The van der Waals surface area contributed by atoms with Crippen LogP contribution in [-0.2, 0) is 6.61 Å². The molecule has 0 atom stereocenters. The van der Waals surface area contributed by atoms with Gasteiger partial charge >= 0.3 is 0 Å². The van der Waals surface area contributed by atoms with Gasteiger partial charge in [-0.05, 0) is 18.6 Å². The summed E-state index contributed by atoms with van der Waals surface area (Å²) in [6.07, 6.45) is 0.727. The molecule has 0 amide bonds. The van der Waals surface area contributed by atoms with E-state index in [1.165, 1.54) is 0 Å². The predicted octanol–water partition coefficient (Wildman–Crippen LogP) is 2.05. The van der Waals surface area contributed by atoms with E-state index in [1.54, 1.807) is 6.07 Å². The molecule has 14 heavy (non-hydrogen) atoms. The lowest BCUT2D eigenvalue weighted by atomic mass is 10.1. The molecule has 0 radical (unpaired) electrons. The first kappa shape index (κ1) is 8.97. The van der Waals surface area contributed by atoms with Gasteiger partial charge in [-0.2, -0.15) is 0 Å². The summed E-state index contributed by atoms with van der Waals surface area (Å²) in [5.74, 6) is 0.337. The molecule has 1 aromatic carbocycles. The Morgan fingerprint density at radius 2 is 2.29 bits per heavy atom. The first-order chi connectivity index (χ1) is 6.77. The number of carbonyl (C=O) groups is 1. The van der Waals surface area contributed by atoms with Crippen molar-refractivity contribution < 1.29 is 14.3 Å². The Kier molecular flexibility index (Phi) is 2.09. The number of carbonyl (C=O) groups excluding carboxylic acids is 1. The van der Waals surface area contributed by atoms with E-state index in [0.29, 0.717) is 16.9 Å². The fraction of sp³-hybridized carbons (Fsp3) is 0.182. The third-order valence-electron chi connectivity index (χ3n) is 2.30. The molecule has 1 aromatic heterocycles. The molecule has 3 nitrogen and oxygen atoms in total. The maximum Gasteiger partial charge on any atom is 0.154 e. The summed E-state index contributed by atoms with van der Waals surface area (Å²) in [6.45, 7) is 1.66. The highest BCUT2D eigenvalue weighted by Crippen LogP contribution is 2.27. The number of aliphatic hydroxyl groups is 1. The van der Waals surface area contributed by atoms with Crippen LogP contribution in [-0.4, -0.2) is 11.4 Å². The van der Waals surface area contributed by atoms with Crippen LogP contribution in [0, 0.1) is 6.92 Å². The molecule has 2 rings (SSSR count). The second-order valence-electron chi connectivity index (χ2n) is 3.16. The van der Waals surface area contributed by atoms with Gasteiger partial charge in [-0.15, -0.1) is 0 Å². The van der Waals surface area contributed by atoms with Crippen molar-refractivity contribution in [2.75, 3.05) is 0 Å². The van der Waals surface area contributed by atoms with Crippen molar-refractivity contribution in [1.29, 1.82) is 0 Å². The molecule has 0 unspecified atom stereocenters. The molecule has 2 aromatic rings. The lowest BCUT2D eigenvalue weighted by molar-refractivity contribution is 0.111. The van der Waals surface area contributed by atoms with E-state index in [4.69, 9.17) is 9.52 Å². The zero-order chi connectivity index (χ0) is 10.1. The highest BCUT2D eigenvalue weighted by atomic mass is 16.4. The number of aliphatic hydroxyl groups excluding tert-OH is 1. The third-order valence-corrected chi connectivity index (χ3v) is 2.30. The molecule has 1 N–H and O–H groups in total. The average Bonchev–Trinajstić information content (AvgIpc) is 2.56. The highest BCUT2D eigenvalue weighted by molar-refractivity contribution is 5.99. The molecular formula is C11H10O3. The largest absolute Gasteiger partial charge is 0.458 e. The van der Waals surface area contributed by atoms with Crippen LogP contribution < -0.4 is 0 Å². The van der Waals surface area contributed by atoms with Gasteiger partial charge < -0.3 is 9.52 Å². The molecule has 1 heterocycles. The lowest BCUT2D eigenvalue weighted by Crippen LogP contribution is -1.87. The van der Waals surface area contributed by atoms with Crippen molar-refractivity contribution >= 4 is 17.3 Å². The molecule has 72 valence electrons. The quantitative estimate of drug-likeness (QED) is 0.737. The Balaban J connectivity index is 2.88. The van der Waals surface area contributed by atoms with Gasteiger partial charge in [-0.3, -0.25) is 4.79 Å². The van der Waals surface area contributed by atoms with E-state index >= 15 is 0 Å². The molecule has 0 aliphatic carbocycles. The van der Waals surface area contributed by atoms with E-state index in [9.17, 15) is 4.79 Å². The summed E-state index contributed by atoms with van der Waals surface area (Å²) in [6, 6.07) is 5.55. The second-order valence-corrected chi connectivity index (χ2v) is 3.16. The maximum absolute atomic E-state index is 10.8. The van der Waals surface area contributed by atoms with Crippen LogP contribution in [0.1, 0.15) is 21.7 Å². The Hall–Kier alpha value is -1.61. The summed E-state index contributed by atoms with van der Waals surface area (Å²) >= 11 is 0. The number of benzene rings is 1. The predicted molar refractivity (Wildman–Crippen MR) is 52.3 cm³/mol. The fourth-order valence-corrected chi connectivity index (χ4v) is 1.64. The number of hydrogen-bond donors (Lipinski definition) is 1. The Labute approximate surface area is 81.0 Å². The van der Waals surface area contributed by atoms with Crippen molar-refractivity contribution in [3.63, 3.8) is 0 Å². The number of aldehydes is 1. The summed E-state index contributed by atoms with van der Waals surface area (Å²) in [5.41, 5.74) is 2.09. The summed E-state index contributed by atoms with van der Waals surface area (Å²) in [4.78, 5) is 10.8. The van der Waals surface area contributed by atoms with Crippen LogP contribution >= 0.6 is 0 Å². The summed E-state index contributed by atoms with van der Waals surface area (Å²) in [5, 5.41) is 9.79. The minimum absolute atomic E-state index is 0.248. The second kappa shape index (κ2) is 3.27. The molecule has 0 fully saturated rings. The van der Waals surface area contributed by atoms with Gasteiger partial charge in [0.15, 0.2) is 6.29 Å². The monoisotopic (exact) mass is 190 g/mol. The molecule has 3 heteroatoms. The van der Waals surface area contributed by atoms with Gasteiger partial charge in [0.2, 0.25) is 0 Å². The van der Waals surface area contributed by atoms with Crippen molar-refractivity contribution in [3.05, 3.63) is 35.1 Å². The number of furan rings is 1. The van der Waals surface area contributed by atoms with E-state index in [-0.39, 0.29) is 6.61 Å². The molecule has 0 aliphatic heterocycles. The minimum Gasteiger partial charge on any atom is -0.458 e. The highest BCUT2D eigenvalue weighted by Gasteiger charge is 2.13. The van der Waals surface area contributed by atoms with E-state index in [0.717, 1.165) is 17.2 Å². The number of rotatable bonds is 2. The number of fused-ring (bicyclic) bond motifs is 1. The standard InChI is InChI=1S/C11H10O3/c1-7-3-2-4-9-11(7)8(5-12)10(6-13)14-9/h2-5,13H,6H2,1H3. The smallest absolute Gasteiger partial charge is 0.154 e. The first-order valence-electron chi connectivity index (χ1n) is 4.35. The van der Waals surface area contributed by atoms with E-state index in [2.05, 4.69) is 0 Å². The van der Waals surface area contributed by atoms with Gasteiger partial charge in [0.1, 0.15) is 18.0 Å². The van der Waals surface area contributed by atoms with Gasteiger partial charge in [-0.1, -0.05) is 12.1 Å². The van der Waals surface area contributed by atoms with E-state index < -0.39 is 0 Å². The van der Waals surface area contributed by atoms with Crippen molar-refractivity contribution in [1.82, 2.24) is 0 Å². The van der Waals surface area contributed by atoms with Crippen molar-refractivity contribution in [2.24, 2.45) is 0 Å². The maximum atomic E-state index is 10.8. The van der Waals surface area contributed by atoms with Crippen LogP contribution in [0.2, 0.25) is 0 Å². The fourth-order valence-electron chi connectivity index (χ4n) is 1.64. The van der Waals surface area contributed by atoms with Gasteiger partial charge in [0, 0.05) is 5.39 Å². The molecule has 0 spiro atoms. The third kappa shape index (κ3) is 1.14. The summed E-state index contributed by atoms with van der Waals surface area (Å²) in [7, 11) is 0. The number of hydrogen-bond acceptors (Lipinski definition) is 3. The Morgan fingerprint density at radius 1 is 1.50 bits per heavy atom. The molecule has 0 saturated heterocycles. The van der Waals surface area contributed by atoms with Gasteiger partial charge in [0.05, 0.1) is 5.56 Å². The van der Waals surface area contributed by atoms with Crippen LogP contribution in [0.15, 0.2) is 22.6 Å². The topological polar surface area (TPSA) is 50.4 Å². The Morgan fingerprint density at radius 3 is 2.93 bits per heavy atom. The van der Waals surface area contributed by atoms with E-state index in [1.807, 2.05) is 19.1 Å². The molecule has 0 aliphatic rings. The first-order valence-corrected chi connectivity index (χ1v) is 4.35. The average molecular weight is 190 g/mol. The van der Waals surface area contributed by atoms with Crippen molar-refractivity contribution in [3.8, 4) is 0 Å².